The van der Waals surface area contributed by atoms with Crippen molar-refractivity contribution in [3.05, 3.63) is 39.7 Å². The predicted octanol–water partition coefficient (Wildman–Crippen LogP) is 3.01. The normalized spacial score (nSPS) is 10.5. The molecule has 0 unspecified atom stereocenters. The summed E-state index contributed by atoms with van der Waals surface area (Å²) in [6, 6.07) is 4.76. The van der Waals surface area contributed by atoms with Gasteiger partial charge in [-0.05, 0) is 41.1 Å². The van der Waals surface area contributed by atoms with E-state index in [4.69, 9.17) is 18.0 Å². The van der Waals surface area contributed by atoms with Gasteiger partial charge in [-0.2, -0.15) is 5.10 Å². The van der Waals surface area contributed by atoms with Gasteiger partial charge in [0, 0.05) is 12.7 Å². The predicted molar refractivity (Wildman–Crippen MR) is 81.2 cm³/mol. The van der Waals surface area contributed by atoms with Crippen molar-refractivity contribution >= 4 is 44.6 Å². The van der Waals surface area contributed by atoms with Gasteiger partial charge in [-0.25, -0.2) is 4.39 Å². The van der Waals surface area contributed by atoms with E-state index >= 15 is 0 Å². The standard InChI is InChI=1S/C12H12BrFN4S/c1-6-10(11(15)19)12(18(2)17-6)16-7-3-4-8(13)9(14)5-7/h3-5,16H,1-2H3,(H2,15,19). The molecule has 0 radical (unpaired) electrons. The molecule has 0 atom stereocenters. The molecule has 2 aromatic rings. The van der Waals surface area contributed by atoms with Crippen LogP contribution in [0.25, 0.3) is 0 Å². The first-order chi connectivity index (χ1) is 8.90. The minimum Gasteiger partial charge on any atom is -0.389 e. The van der Waals surface area contributed by atoms with E-state index < -0.39 is 0 Å². The number of aromatic nitrogens is 2. The Labute approximate surface area is 123 Å². The smallest absolute Gasteiger partial charge is 0.139 e. The number of nitrogens with zero attached hydrogens (tertiary/aromatic N) is 2. The van der Waals surface area contributed by atoms with Gasteiger partial charge in [0.15, 0.2) is 0 Å². The van der Waals surface area contributed by atoms with Crippen molar-refractivity contribution < 1.29 is 4.39 Å². The van der Waals surface area contributed by atoms with Crippen LogP contribution in [0.5, 0.6) is 0 Å². The van der Waals surface area contributed by atoms with Gasteiger partial charge in [0.2, 0.25) is 0 Å². The summed E-state index contributed by atoms with van der Waals surface area (Å²) in [4.78, 5) is 0.255. The molecule has 7 heteroatoms. The lowest BCUT2D eigenvalue weighted by molar-refractivity contribution is 0.621. The molecule has 0 bridgehead atoms. The van der Waals surface area contributed by atoms with Crippen LogP contribution in [-0.4, -0.2) is 14.8 Å². The van der Waals surface area contributed by atoms with Gasteiger partial charge < -0.3 is 11.1 Å². The Kier molecular flexibility index (Phi) is 3.86. The zero-order chi connectivity index (χ0) is 14.2. The molecule has 0 aliphatic rings. The molecule has 0 amide bonds. The van der Waals surface area contributed by atoms with Crippen LogP contribution in [-0.2, 0) is 7.05 Å². The van der Waals surface area contributed by atoms with Crippen molar-refractivity contribution in [2.75, 3.05) is 5.32 Å². The van der Waals surface area contributed by atoms with Gasteiger partial charge in [-0.1, -0.05) is 12.2 Å². The monoisotopic (exact) mass is 342 g/mol. The maximum atomic E-state index is 13.5. The quantitative estimate of drug-likeness (QED) is 0.842. The van der Waals surface area contributed by atoms with Crippen molar-refractivity contribution in [3.63, 3.8) is 0 Å². The lowest BCUT2D eigenvalue weighted by Crippen LogP contribution is -2.13. The van der Waals surface area contributed by atoms with Crippen LogP contribution < -0.4 is 11.1 Å². The second kappa shape index (κ2) is 5.26. The summed E-state index contributed by atoms with van der Waals surface area (Å²) in [7, 11) is 1.77. The summed E-state index contributed by atoms with van der Waals surface area (Å²) in [5, 5.41) is 7.34. The number of nitrogens with one attached hydrogen (secondary N) is 1. The van der Waals surface area contributed by atoms with Crippen LogP contribution in [0.4, 0.5) is 15.9 Å². The van der Waals surface area contributed by atoms with Gasteiger partial charge in [0.1, 0.15) is 16.6 Å². The molecule has 1 heterocycles. The number of anilines is 2. The number of thiocarbonyl (C=S) groups is 1. The molecule has 19 heavy (non-hydrogen) atoms. The van der Waals surface area contributed by atoms with E-state index in [0.29, 0.717) is 21.5 Å². The van der Waals surface area contributed by atoms with E-state index in [2.05, 4.69) is 26.3 Å². The first kappa shape index (κ1) is 14.0. The van der Waals surface area contributed by atoms with Crippen LogP contribution in [0.2, 0.25) is 0 Å². The van der Waals surface area contributed by atoms with Gasteiger partial charge in [-0.3, -0.25) is 4.68 Å². The second-order valence-electron chi connectivity index (χ2n) is 4.05. The number of rotatable bonds is 3. The SMILES string of the molecule is Cc1nn(C)c(Nc2ccc(Br)c(F)c2)c1C(N)=S. The van der Waals surface area contributed by atoms with Crippen LogP contribution >= 0.6 is 28.1 Å². The molecule has 4 nitrogen and oxygen atoms in total. The fourth-order valence-electron chi connectivity index (χ4n) is 1.81. The number of hydrogen-bond acceptors (Lipinski definition) is 3. The number of aryl methyl sites for hydroxylation is 2. The Bertz CT molecular complexity index is 653. The molecular formula is C12H12BrFN4S. The minimum absolute atomic E-state index is 0.255. The fourth-order valence-corrected chi connectivity index (χ4v) is 2.30. The Hall–Kier alpha value is -1.47. The molecule has 0 saturated heterocycles. The van der Waals surface area contributed by atoms with Gasteiger partial charge in [0.25, 0.3) is 0 Å². The highest BCUT2D eigenvalue weighted by Crippen LogP contribution is 2.25. The highest BCUT2D eigenvalue weighted by molar-refractivity contribution is 9.10. The molecule has 0 spiro atoms. The summed E-state index contributed by atoms with van der Waals surface area (Å²) >= 11 is 8.13. The van der Waals surface area contributed by atoms with E-state index in [1.54, 1.807) is 23.9 Å². The first-order valence-corrected chi connectivity index (χ1v) is 6.65. The highest BCUT2D eigenvalue weighted by atomic mass is 79.9. The molecule has 0 aliphatic carbocycles. The number of halogens is 2. The third-order valence-electron chi connectivity index (χ3n) is 2.65. The lowest BCUT2D eigenvalue weighted by atomic mass is 10.2. The van der Waals surface area contributed by atoms with Crippen LogP contribution in [0, 0.1) is 12.7 Å². The van der Waals surface area contributed by atoms with E-state index in [-0.39, 0.29) is 10.8 Å². The Morgan fingerprint density at radius 2 is 2.21 bits per heavy atom. The average Bonchev–Trinajstić information content (AvgIpc) is 2.59. The summed E-state index contributed by atoms with van der Waals surface area (Å²) in [5.74, 6) is 0.299. The minimum atomic E-state index is -0.347. The van der Waals surface area contributed by atoms with Crippen molar-refractivity contribution in [2.24, 2.45) is 12.8 Å². The fraction of sp³-hybridized carbons (Fsp3) is 0.167. The van der Waals surface area contributed by atoms with Crippen molar-refractivity contribution in [1.29, 1.82) is 0 Å². The zero-order valence-electron chi connectivity index (χ0n) is 10.4. The summed E-state index contributed by atoms with van der Waals surface area (Å²) in [5.41, 5.74) is 7.69. The average molecular weight is 343 g/mol. The molecule has 1 aromatic heterocycles. The molecule has 3 N–H and O–H groups in total. The van der Waals surface area contributed by atoms with Crippen LogP contribution in [0.3, 0.4) is 0 Å². The van der Waals surface area contributed by atoms with Gasteiger partial charge >= 0.3 is 0 Å². The maximum Gasteiger partial charge on any atom is 0.139 e. The molecule has 100 valence electrons. The van der Waals surface area contributed by atoms with E-state index in [1.165, 1.54) is 6.07 Å². The summed E-state index contributed by atoms with van der Waals surface area (Å²) < 4.78 is 15.5. The zero-order valence-corrected chi connectivity index (χ0v) is 12.8. The third kappa shape index (κ3) is 2.76. The third-order valence-corrected chi connectivity index (χ3v) is 3.50. The van der Waals surface area contributed by atoms with Crippen molar-refractivity contribution in [2.45, 2.75) is 6.92 Å². The Balaban J connectivity index is 2.43. The number of nitrogens with two attached hydrogens (primary N) is 1. The van der Waals surface area contributed by atoms with Crippen LogP contribution in [0.15, 0.2) is 22.7 Å². The number of hydrogen-bond donors (Lipinski definition) is 2. The van der Waals surface area contributed by atoms with Crippen LogP contribution in [0.1, 0.15) is 11.3 Å². The maximum absolute atomic E-state index is 13.5. The first-order valence-electron chi connectivity index (χ1n) is 5.45. The molecule has 0 fully saturated rings. The van der Waals surface area contributed by atoms with Gasteiger partial charge in [-0.15, -0.1) is 0 Å². The molecule has 0 saturated carbocycles. The number of benzene rings is 1. The topological polar surface area (TPSA) is 55.9 Å². The summed E-state index contributed by atoms with van der Waals surface area (Å²) in [6.45, 7) is 1.82. The molecular weight excluding hydrogens is 331 g/mol. The lowest BCUT2D eigenvalue weighted by Gasteiger charge is -2.09. The van der Waals surface area contributed by atoms with E-state index in [0.717, 1.165) is 5.69 Å². The van der Waals surface area contributed by atoms with E-state index in [1.807, 2.05) is 6.92 Å². The highest BCUT2D eigenvalue weighted by Gasteiger charge is 2.16. The molecule has 1 aromatic carbocycles. The summed E-state index contributed by atoms with van der Waals surface area (Å²) in [6.07, 6.45) is 0. The van der Waals surface area contributed by atoms with E-state index in [9.17, 15) is 4.39 Å². The largest absolute Gasteiger partial charge is 0.389 e. The van der Waals surface area contributed by atoms with Crippen molar-refractivity contribution in [3.8, 4) is 0 Å². The second-order valence-corrected chi connectivity index (χ2v) is 5.34. The molecule has 0 aliphatic heterocycles. The van der Waals surface area contributed by atoms with Gasteiger partial charge in [0.05, 0.1) is 15.7 Å². The Morgan fingerprint density at radius 3 is 2.79 bits per heavy atom. The van der Waals surface area contributed by atoms with Crippen molar-refractivity contribution in [1.82, 2.24) is 9.78 Å². The Morgan fingerprint density at radius 1 is 1.53 bits per heavy atom. The molecule has 2 rings (SSSR count).